The summed E-state index contributed by atoms with van der Waals surface area (Å²) in [6.45, 7) is 4.59. The Morgan fingerprint density at radius 3 is 2.93 bits per heavy atom. The number of aliphatic hydroxyl groups is 1. The summed E-state index contributed by atoms with van der Waals surface area (Å²) < 4.78 is 5.12. The van der Waals surface area contributed by atoms with Crippen molar-refractivity contribution >= 4 is 5.91 Å². The van der Waals surface area contributed by atoms with Crippen LogP contribution in [0.3, 0.4) is 0 Å². The molecule has 1 aliphatic heterocycles. The number of likely N-dealkylation sites (tertiary alicyclic amines) is 1. The van der Waals surface area contributed by atoms with Gasteiger partial charge in [0.15, 0.2) is 0 Å². The van der Waals surface area contributed by atoms with Crippen LogP contribution in [0.1, 0.15) is 19.8 Å². The average molecular weight is 201 g/mol. The number of ether oxygens (including phenoxy) is 1. The number of aliphatic hydroxyl groups excluding tert-OH is 1. The third-order valence-corrected chi connectivity index (χ3v) is 2.61. The molecule has 14 heavy (non-hydrogen) atoms. The lowest BCUT2D eigenvalue weighted by Crippen LogP contribution is -2.29. The van der Waals surface area contributed by atoms with Gasteiger partial charge in [-0.3, -0.25) is 4.79 Å². The molecule has 0 bridgehead atoms. The van der Waals surface area contributed by atoms with E-state index in [1.165, 1.54) is 0 Å². The van der Waals surface area contributed by atoms with E-state index >= 15 is 0 Å². The number of rotatable bonds is 6. The van der Waals surface area contributed by atoms with Gasteiger partial charge in [0, 0.05) is 19.5 Å². The minimum atomic E-state index is 0.0472. The molecule has 0 saturated carbocycles. The summed E-state index contributed by atoms with van der Waals surface area (Å²) in [6, 6.07) is 0. The number of amides is 1. The van der Waals surface area contributed by atoms with E-state index in [1.807, 2.05) is 4.90 Å². The second-order valence-corrected chi connectivity index (χ2v) is 3.65. The third kappa shape index (κ3) is 3.27. The largest absolute Gasteiger partial charge is 0.394 e. The van der Waals surface area contributed by atoms with Crippen LogP contribution >= 0.6 is 0 Å². The standard InChI is InChI=1S/C10H19NO3/c1-2-9-7-10(13)11(8-9)3-5-14-6-4-12/h9,12H,2-8H2,1H3. The van der Waals surface area contributed by atoms with Gasteiger partial charge in [-0.25, -0.2) is 0 Å². The predicted octanol–water partition coefficient (Wildman–Crippen LogP) is 0.254. The Balaban J connectivity index is 2.15. The Labute approximate surface area is 84.8 Å². The molecular weight excluding hydrogens is 182 g/mol. The van der Waals surface area contributed by atoms with Gasteiger partial charge in [-0.2, -0.15) is 0 Å². The Morgan fingerprint density at radius 2 is 2.36 bits per heavy atom. The smallest absolute Gasteiger partial charge is 0.223 e. The fourth-order valence-electron chi connectivity index (χ4n) is 1.68. The van der Waals surface area contributed by atoms with Crippen LogP contribution in [0.25, 0.3) is 0 Å². The van der Waals surface area contributed by atoms with Crippen molar-refractivity contribution in [1.82, 2.24) is 4.90 Å². The van der Waals surface area contributed by atoms with Crippen molar-refractivity contribution < 1.29 is 14.6 Å². The van der Waals surface area contributed by atoms with Crippen LogP contribution in [0, 0.1) is 5.92 Å². The monoisotopic (exact) mass is 201 g/mol. The molecule has 1 fully saturated rings. The van der Waals surface area contributed by atoms with Crippen LogP contribution in [-0.2, 0) is 9.53 Å². The summed E-state index contributed by atoms with van der Waals surface area (Å²) in [5.41, 5.74) is 0. The molecule has 1 amide bonds. The highest BCUT2D eigenvalue weighted by atomic mass is 16.5. The van der Waals surface area contributed by atoms with Gasteiger partial charge in [0.2, 0.25) is 5.91 Å². The van der Waals surface area contributed by atoms with E-state index in [2.05, 4.69) is 6.92 Å². The molecule has 0 aromatic rings. The normalized spacial score (nSPS) is 22.0. The quantitative estimate of drug-likeness (QED) is 0.627. The van der Waals surface area contributed by atoms with Gasteiger partial charge < -0.3 is 14.7 Å². The summed E-state index contributed by atoms with van der Waals surface area (Å²) in [5.74, 6) is 0.768. The van der Waals surface area contributed by atoms with E-state index in [0.717, 1.165) is 13.0 Å². The van der Waals surface area contributed by atoms with Gasteiger partial charge >= 0.3 is 0 Å². The molecule has 82 valence electrons. The zero-order chi connectivity index (χ0) is 10.4. The van der Waals surface area contributed by atoms with Crippen molar-refractivity contribution in [1.29, 1.82) is 0 Å². The van der Waals surface area contributed by atoms with Crippen molar-refractivity contribution in [3.05, 3.63) is 0 Å². The highest BCUT2D eigenvalue weighted by molar-refractivity contribution is 5.78. The van der Waals surface area contributed by atoms with E-state index in [9.17, 15) is 4.79 Å². The first-order valence-corrected chi connectivity index (χ1v) is 5.24. The predicted molar refractivity (Wildman–Crippen MR) is 52.9 cm³/mol. The van der Waals surface area contributed by atoms with Crippen LogP contribution in [-0.4, -0.2) is 48.8 Å². The maximum atomic E-state index is 11.4. The van der Waals surface area contributed by atoms with Crippen LogP contribution in [0.15, 0.2) is 0 Å². The van der Waals surface area contributed by atoms with E-state index < -0.39 is 0 Å². The molecule has 1 heterocycles. The fourth-order valence-corrected chi connectivity index (χ4v) is 1.68. The summed E-state index contributed by atoms with van der Waals surface area (Å²) in [5, 5.41) is 8.48. The molecule has 0 radical (unpaired) electrons. The van der Waals surface area contributed by atoms with Crippen molar-refractivity contribution in [2.75, 3.05) is 32.9 Å². The molecule has 0 aromatic carbocycles. The number of carbonyl (C=O) groups excluding carboxylic acids is 1. The maximum Gasteiger partial charge on any atom is 0.223 e. The first-order valence-electron chi connectivity index (χ1n) is 5.24. The molecule has 1 saturated heterocycles. The Hall–Kier alpha value is -0.610. The van der Waals surface area contributed by atoms with E-state index in [0.29, 0.717) is 32.1 Å². The van der Waals surface area contributed by atoms with Gasteiger partial charge in [-0.15, -0.1) is 0 Å². The van der Waals surface area contributed by atoms with Gasteiger partial charge in [-0.05, 0) is 5.92 Å². The van der Waals surface area contributed by atoms with Gasteiger partial charge in [-0.1, -0.05) is 13.3 Å². The Morgan fingerprint density at radius 1 is 1.57 bits per heavy atom. The highest BCUT2D eigenvalue weighted by Gasteiger charge is 2.27. The van der Waals surface area contributed by atoms with Crippen molar-refractivity contribution in [3.63, 3.8) is 0 Å². The average Bonchev–Trinajstić information content (AvgIpc) is 2.54. The molecule has 0 aromatic heterocycles. The molecule has 1 unspecified atom stereocenters. The molecule has 4 heteroatoms. The molecule has 1 rings (SSSR count). The molecule has 0 spiro atoms. The first kappa shape index (κ1) is 11.5. The topological polar surface area (TPSA) is 49.8 Å². The summed E-state index contributed by atoms with van der Waals surface area (Å²) in [6.07, 6.45) is 1.76. The molecular formula is C10H19NO3. The summed E-state index contributed by atoms with van der Waals surface area (Å²) in [4.78, 5) is 13.3. The molecule has 1 aliphatic rings. The van der Waals surface area contributed by atoms with E-state index in [4.69, 9.17) is 9.84 Å². The van der Waals surface area contributed by atoms with E-state index in [1.54, 1.807) is 0 Å². The lowest BCUT2D eigenvalue weighted by atomic mass is 10.1. The lowest BCUT2D eigenvalue weighted by molar-refractivity contribution is -0.128. The van der Waals surface area contributed by atoms with Gasteiger partial charge in [0.25, 0.3) is 0 Å². The minimum Gasteiger partial charge on any atom is -0.394 e. The zero-order valence-electron chi connectivity index (χ0n) is 8.74. The highest BCUT2D eigenvalue weighted by Crippen LogP contribution is 2.19. The van der Waals surface area contributed by atoms with Gasteiger partial charge in [0.05, 0.1) is 19.8 Å². The van der Waals surface area contributed by atoms with Crippen LogP contribution < -0.4 is 0 Å². The Kier molecular flexibility index (Phi) is 4.90. The Bertz CT molecular complexity index is 184. The SMILES string of the molecule is CCC1CC(=O)N(CCOCCO)C1. The fraction of sp³-hybridized carbons (Fsp3) is 0.900. The minimum absolute atomic E-state index is 0.0472. The van der Waals surface area contributed by atoms with E-state index in [-0.39, 0.29) is 12.5 Å². The van der Waals surface area contributed by atoms with Crippen molar-refractivity contribution in [3.8, 4) is 0 Å². The number of nitrogens with zero attached hydrogens (tertiary/aromatic N) is 1. The summed E-state index contributed by atoms with van der Waals surface area (Å²) >= 11 is 0. The third-order valence-electron chi connectivity index (χ3n) is 2.61. The van der Waals surface area contributed by atoms with Crippen molar-refractivity contribution in [2.24, 2.45) is 5.92 Å². The maximum absolute atomic E-state index is 11.4. The number of carbonyl (C=O) groups is 1. The zero-order valence-corrected chi connectivity index (χ0v) is 8.74. The number of hydrogen-bond donors (Lipinski definition) is 1. The molecule has 1 N–H and O–H groups in total. The first-order chi connectivity index (χ1) is 6.77. The van der Waals surface area contributed by atoms with Crippen molar-refractivity contribution in [2.45, 2.75) is 19.8 Å². The molecule has 1 atom stereocenters. The van der Waals surface area contributed by atoms with Gasteiger partial charge in [0.1, 0.15) is 0 Å². The second kappa shape index (κ2) is 5.98. The molecule has 4 nitrogen and oxygen atoms in total. The molecule has 0 aliphatic carbocycles. The second-order valence-electron chi connectivity index (χ2n) is 3.65. The number of hydrogen-bond acceptors (Lipinski definition) is 3. The van der Waals surface area contributed by atoms with Crippen LogP contribution in [0.5, 0.6) is 0 Å². The lowest BCUT2D eigenvalue weighted by Gasteiger charge is -2.15. The summed E-state index contributed by atoms with van der Waals surface area (Å²) in [7, 11) is 0. The van der Waals surface area contributed by atoms with Crippen LogP contribution in [0.4, 0.5) is 0 Å². The van der Waals surface area contributed by atoms with Crippen LogP contribution in [0.2, 0.25) is 0 Å².